The van der Waals surface area contributed by atoms with Gasteiger partial charge in [-0.25, -0.2) is 8.42 Å². The van der Waals surface area contributed by atoms with Crippen molar-refractivity contribution in [2.24, 2.45) is 0 Å². The van der Waals surface area contributed by atoms with Crippen molar-refractivity contribution in [2.75, 3.05) is 11.1 Å². The molecule has 7 heteroatoms. The van der Waals surface area contributed by atoms with Crippen molar-refractivity contribution in [1.82, 2.24) is 0 Å². The third-order valence-corrected chi connectivity index (χ3v) is 5.33. The second-order valence-electron chi connectivity index (χ2n) is 5.12. The summed E-state index contributed by atoms with van der Waals surface area (Å²) in [6.45, 7) is 1.75. The van der Waals surface area contributed by atoms with Gasteiger partial charge in [0, 0.05) is 15.7 Å². The van der Waals surface area contributed by atoms with Gasteiger partial charge >= 0.3 is 0 Å². The van der Waals surface area contributed by atoms with Gasteiger partial charge in [0.2, 0.25) is 5.91 Å². The van der Waals surface area contributed by atoms with Gasteiger partial charge in [0.05, 0.1) is 5.75 Å². The first-order chi connectivity index (χ1) is 10.8. The van der Waals surface area contributed by atoms with Crippen molar-refractivity contribution >= 4 is 44.6 Å². The largest absolute Gasteiger partial charge is 0.325 e. The Morgan fingerprint density at radius 1 is 1.09 bits per heavy atom. The molecule has 0 aliphatic rings. The summed E-state index contributed by atoms with van der Waals surface area (Å²) in [5.41, 5.74) is 1.78. The summed E-state index contributed by atoms with van der Waals surface area (Å²) < 4.78 is 24.2. The Kier molecular flexibility index (Phi) is 5.68. The number of nitrogens with one attached hydrogen (secondary N) is 1. The number of carbonyl (C=O) groups is 1. The van der Waals surface area contributed by atoms with E-state index in [2.05, 4.69) is 5.32 Å². The van der Waals surface area contributed by atoms with E-state index >= 15 is 0 Å². The molecule has 2 rings (SSSR count). The fourth-order valence-corrected chi connectivity index (χ4v) is 3.59. The van der Waals surface area contributed by atoms with Gasteiger partial charge in [-0.2, -0.15) is 0 Å². The minimum absolute atomic E-state index is 0.216. The highest BCUT2D eigenvalue weighted by atomic mass is 35.5. The molecule has 122 valence electrons. The van der Waals surface area contributed by atoms with Gasteiger partial charge in [-0.15, -0.1) is 0 Å². The number of anilines is 1. The summed E-state index contributed by atoms with van der Waals surface area (Å²) in [4.78, 5) is 12.0. The lowest BCUT2D eigenvalue weighted by atomic mass is 10.2. The predicted molar refractivity (Wildman–Crippen MR) is 93.8 cm³/mol. The summed E-state index contributed by atoms with van der Waals surface area (Å²) in [5.74, 6) is -1.41. The molecule has 0 spiro atoms. The summed E-state index contributed by atoms with van der Waals surface area (Å²) in [6, 6.07) is 11.5. The quantitative estimate of drug-likeness (QED) is 0.867. The lowest BCUT2D eigenvalue weighted by Crippen LogP contribution is -2.24. The minimum Gasteiger partial charge on any atom is -0.325 e. The van der Waals surface area contributed by atoms with Crippen molar-refractivity contribution < 1.29 is 13.2 Å². The zero-order valence-electron chi connectivity index (χ0n) is 12.3. The first-order valence-corrected chi connectivity index (χ1v) is 9.34. The Bertz CT molecular complexity index is 818. The number of hydrogen-bond acceptors (Lipinski definition) is 3. The van der Waals surface area contributed by atoms with E-state index in [4.69, 9.17) is 23.2 Å². The van der Waals surface area contributed by atoms with Crippen molar-refractivity contribution in [3.63, 3.8) is 0 Å². The average molecular weight is 372 g/mol. The number of carbonyl (C=O) groups excluding carboxylic acids is 1. The summed E-state index contributed by atoms with van der Waals surface area (Å²) >= 11 is 11.7. The van der Waals surface area contributed by atoms with Crippen LogP contribution in [-0.2, 0) is 20.4 Å². The van der Waals surface area contributed by atoms with Crippen LogP contribution < -0.4 is 5.32 Å². The molecule has 0 unspecified atom stereocenters. The van der Waals surface area contributed by atoms with Crippen LogP contribution in [0.4, 0.5) is 5.69 Å². The first kappa shape index (κ1) is 17.8. The van der Waals surface area contributed by atoms with Crippen LogP contribution in [0.5, 0.6) is 0 Å². The molecule has 0 heterocycles. The molecule has 1 amide bonds. The normalized spacial score (nSPS) is 11.3. The van der Waals surface area contributed by atoms with E-state index in [1.165, 1.54) is 0 Å². The Balaban J connectivity index is 2.03. The van der Waals surface area contributed by atoms with Gasteiger partial charge in [-0.1, -0.05) is 41.4 Å². The second kappa shape index (κ2) is 7.34. The molecule has 23 heavy (non-hydrogen) atoms. The maximum atomic E-state index is 12.1. The van der Waals surface area contributed by atoms with Crippen molar-refractivity contribution in [1.29, 1.82) is 0 Å². The number of hydrogen-bond donors (Lipinski definition) is 1. The molecule has 0 aromatic heterocycles. The standard InChI is InChI=1S/C16H15Cl2NO3S/c1-11-14(18)3-2-4-15(11)19-16(20)10-23(21,22)9-12-5-7-13(17)8-6-12/h2-8H,9-10H2,1H3,(H,19,20). The Labute approximate surface area is 145 Å². The molecule has 0 saturated carbocycles. The molecule has 4 nitrogen and oxygen atoms in total. The van der Waals surface area contributed by atoms with E-state index in [1.54, 1.807) is 49.4 Å². The molecular formula is C16H15Cl2NO3S. The van der Waals surface area contributed by atoms with Crippen molar-refractivity contribution in [3.8, 4) is 0 Å². The van der Waals surface area contributed by atoms with Gasteiger partial charge in [0.25, 0.3) is 0 Å². The van der Waals surface area contributed by atoms with E-state index in [0.717, 1.165) is 0 Å². The Morgan fingerprint density at radius 3 is 2.39 bits per heavy atom. The number of benzene rings is 2. The van der Waals surface area contributed by atoms with Gasteiger partial charge in [0.15, 0.2) is 9.84 Å². The zero-order valence-corrected chi connectivity index (χ0v) is 14.7. The molecule has 0 aliphatic carbocycles. The van der Waals surface area contributed by atoms with Gasteiger partial charge in [-0.05, 0) is 42.3 Å². The Morgan fingerprint density at radius 2 is 1.74 bits per heavy atom. The monoisotopic (exact) mass is 371 g/mol. The lowest BCUT2D eigenvalue weighted by Gasteiger charge is -2.10. The number of amides is 1. The SMILES string of the molecule is Cc1c(Cl)cccc1NC(=O)CS(=O)(=O)Cc1ccc(Cl)cc1. The molecular weight excluding hydrogens is 357 g/mol. The molecule has 0 aliphatic heterocycles. The van der Waals surface area contributed by atoms with Crippen molar-refractivity contribution in [3.05, 3.63) is 63.6 Å². The van der Waals surface area contributed by atoms with E-state index < -0.39 is 21.5 Å². The molecule has 0 saturated heterocycles. The fraction of sp³-hybridized carbons (Fsp3) is 0.188. The number of sulfone groups is 1. The van der Waals surface area contributed by atoms with E-state index in [-0.39, 0.29) is 5.75 Å². The molecule has 1 N–H and O–H groups in total. The van der Waals surface area contributed by atoms with Crippen LogP contribution >= 0.6 is 23.2 Å². The van der Waals surface area contributed by atoms with E-state index in [0.29, 0.717) is 26.9 Å². The first-order valence-electron chi connectivity index (χ1n) is 6.77. The van der Waals surface area contributed by atoms with Crippen LogP contribution in [0.25, 0.3) is 0 Å². The van der Waals surface area contributed by atoms with Crippen LogP contribution in [0.3, 0.4) is 0 Å². The van der Waals surface area contributed by atoms with Crippen molar-refractivity contribution in [2.45, 2.75) is 12.7 Å². The van der Waals surface area contributed by atoms with E-state index in [9.17, 15) is 13.2 Å². The highest BCUT2D eigenvalue weighted by Gasteiger charge is 2.18. The molecule has 2 aromatic carbocycles. The smallest absolute Gasteiger partial charge is 0.239 e. The van der Waals surface area contributed by atoms with Crippen LogP contribution in [0.1, 0.15) is 11.1 Å². The van der Waals surface area contributed by atoms with Crippen LogP contribution in [0.15, 0.2) is 42.5 Å². The van der Waals surface area contributed by atoms with Crippen LogP contribution in [-0.4, -0.2) is 20.1 Å². The number of rotatable bonds is 5. The maximum absolute atomic E-state index is 12.1. The topological polar surface area (TPSA) is 63.2 Å². The highest BCUT2D eigenvalue weighted by molar-refractivity contribution is 7.91. The van der Waals surface area contributed by atoms with Crippen LogP contribution in [0.2, 0.25) is 10.0 Å². The maximum Gasteiger partial charge on any atom is 0.239 e. The van der Waals surface area contributed by atoms with E-state index in [1.807, 2.05) is 0 Å². The second-order valence-corrected chi connectivity index (χ2v) is 8.03. The third kappa shape index (κ3) is 5.23. The van der Waals surface area contributed by atoms with Gasteiger partial charge in [0.1, 0.15) is 5.75 Å². The zero-order chi connectivity index (χ0) is 17.0. The molecule has 0 bridgehead atoms. The average Bonchev–Trinajstić information content (AvgIpc) is 2.45. The molecule has 0 radical (unpaired) electrons. The van der Waals surface area contributed by atoms with Crippen LogP contribution in [0, 0.1) is 6.92 Å². The summed E-state index contributed by atoms with van der Waals surface area (Å²) in [7, 11) is -3.58. The Hall–Kier alpha value is -1.56. The van der Waals surface area contributed by atoms with Gasteiger partial charge < -0.3 is 5.32 Å². The summed E-state index contributed by atoms with van der Waals surface area (Å²) in [5, 5.41) is 3.61. The third-order valence-electron chi connectivity index (χ3n) is 3.19. The summed E-state index contributed by atoms with van der Waals surface area (Å²) in [6.07, 6.45) is 0. The highest BCUT2D eigenvalue weighted by Crippen LogP contribution is 2.23. The lowest BCUT2D eigenvalue weighted by molar-refractivity contribution is -0.113. The molecule has 0 atom stereocenters. The number of halogens is 2. The fourth-order valence-electron chi connectivity index (χ4n) is 2.01. The van der Waals surface area contributed by atoms with Gasteiger partial charge in [-0.3, -0.25) is 4.79 Å². The molecule has 2 aromatic rings. The predicted octanol–water partition coefficient (Wildman–Crippen LogP) is 3.86. The minimum atomic E-state index is -3.58. The molecule has 0 fully saturated rings.